The Hall–Kier alpha value is -2.21. The third kappa shape index (κ3) is 3.38. The number of rotatable bonds is 4. The molecule has 1 amide bonds. The highest BCUT2D eigenvalue weighted by molar-refractivity contribution is 6.33. The van der Waals surface area contributed by atoms with Crippen LogP contribution in [0.1, 0.15) is 21.9 Å². The molecule has 0 saturated carbocycles. The molecule has 2 rings (SSSR count). The molecule has 0 spiro atoms. The Bertz CT molecular complexity index is 617. The van der Waals surface area contributed by atoms with Crippen LogP contribution in [0.25, 0.3) is 0 Å². The predicted octanol–water partition coefficient (Wildman–Crippen LogP) is 1.54. The number of anilines is 1. The molecular formula is C12H12ClN5O. The van der Waals surface area contributed by atoms with Crippen LogP contribution in [0.4, 0.5) is 5.82 Å². The Morgan fingerprint density at radius 3 is 2.89 bits per heavy atom. The van der Waals surface area contributed by atoms with Gasteiger partial charge in [0.05, 0.1) is 22.8 Å². The molecule has 0 aliphatic heterocycles. The Kier molecular flexibility index (Phi) is 3.91. The Morgan fingerprint density at radius 1 is 1.47 bits per heavy atom. The Morgan fingerprint density at radius 2 is 2.26 bits per heavy atom. The van der Waals surface area contributed by atoms with E-state index in [1.807, 2.05) is 6.92 Å². The molecule has 0 aliphatic carbocycles. The molecule has 0 atom stereocenters. The predicted molar refractivity (Wildman–Crippen MR) is 71.9 cm³/mol. The van der Waals surface area contributed by atoms with Gasteiger partial charge in [-0.05, 0) is 19.1 Å². The molecular weight excluding hydrogens is 266 g/mol. The SMILES string of the molecule is Cc1nccc(CNc2ncc(C(N)=O)cc2Cl)n1. The number of aromatic nitrogens is 3. The van der Waals surface area contributed by atoms with Crippen molar-refractivity contribution in [3.63, 3.8) is 0 Å². The van der Waals surface area contributed by atoms with Crippen LogP contribution >= 0.6 is 11.6 Å². The first-order valence-electron chi connectivity index (χ1n) is 5.54. The molecule has 0 unspecified atom stereocenters. The third-order valence-corrected chi connectivity index (χ3v) is 2.68. The monoisotopic (exact) mass is 277 g/mol. The van der Waals surface area contributed by atoms with Crippen molar-refractivity contribution >= 4 is 23.3 Å². The van der Waals surface area contributed by atoms with Crippen LogP contribution in [0.3, 0.4) is 0 Å². The molecule has 0 saturated heterocycles. The lowest BCUT2D eigenvalue weighted by Crippen LogP contribution is -2.12. The lowest BCUT2D eigenvalue weighted by atomic mass is 10.2. The van der Waals surface area contributed by atoms with E-state index in [1.54, 1.807) is 12.3 Å². The first-order chi connectivity index (χ1) is 9.06. The first kappa shape index (κ1) is 13.2. The lowest BCUT2D eigenvalue weighted by Gasteiger charge is -2.07. The first-order valence-corrected chi connectivity index (χ1v) is 5.92. The summed E-state index contributed by atoms with van der Waals surface area (Å²) in [6, 6.07) is 3.27. The minimum absolute atomic E-state index is 0.272. The van der Waals surface area contributed by atoms with E-state index in [1.165, 1.54) is 12.3 Å². The second kappa shape index (κ2) is 5.62. The molecule has 2 aromatic rings. The van der Waals surface area contributed by atoms with Crippen LogP contribution in [0.2, 0.25) is 5.02 Å². The fourth-order valence-electron chi connectivity index (χ4n) is 1.48. The number of aryl methyl sites for hydroxylation is 1. The molecule has 6 nitrogen and oxygen atoms in total. The average molecular weight is 278 g/mol. The van der Waals surface area contributed by atoms with Gasteiger partial charge in [0.1, 0.15) is 11.6 Å². The second-order valence-electron chi connectivity index (χ2n) is 3.87. The molecule has 0 aromatic carbocycles. The average Bonchev–Trinajstić information content (AvgIpc) is 2.37. The van der Waals surface area contributed by atoms with Crippen molar-refractivity contribution in [1.29, 1.82) is 0 Å². The van der Waals surface area contributed by atoms with Crippen molar-refractivity contribution in [2.45, 2.75) is 13.5 Å². The maximum Gasteiger partial charge on any atom is 0.250 e. The van der Waals surface area contributed by atoms with Gasteiger partial charge in [-0.1, -0.05) is 11.6 Å². The highest BCUT2D eigenvalue weighted by atomic mass is 35.5. The molecule has 0 fully saturated rings. The molecule has 3 N–H and O–H groups in total. The molecule has 0 bridgehead atoms. The number of nitrogens with one attached hydrogen (secondary N) is 1. The minimum Gasteiger partial charge on any atom is -0.366 e. The summed E-state index contributed by atoms with van der Waals surface area (Å²) in [6.45, 7) is 2.28. The zero-order chi connectivity index (χ0) is 13.8. The summed E-state index contributed by atoms with van der Waals surface area (Å²) in [6.07, 6.45) is 3.06. The summed E-state index contributed by atoms with van der Waals surface area (Å²) in [5, 5.41) is 3.37. The van der Waals surface area contributed by atoms with E-state index in [4.69, 9.17) is 17.3 Å². The summed E-state index contributed by atoms with van der Waals surface area (Å²) in [5.41, 5.74) is 6.23. The third-order valence-electron chi connectivity index (χ3n) is 2.40. The summed E-state index contributed by atoms with van der Waals surface area (Å²) < 4.78 is 0. The van der Waals surface area contributed by atoms with Gasteiger partial charge < -0.3 is 11.1 Å². The van der Waals surface area contributed by atoms with Crippen LogP contribution in [-0.2, 0) is 6.54 Å². The topological polar surface area (TPSA) is 93.8 Å². The minimum atomic E-state index is -0.563. The smallest absolute Gasteiger partial charge is 0.250 e. The molecule has 0 aliphatic rings. The van der Waals surface area contributed by atoms with Crippen molar-refractivity contribution < 1.29 is 4.79 Å². The molecule has 19 heavy (non-hydrogen) atoms. The van der Waals surface area contributed by atoms with Gasteiger partial charge in [0, 0.05) is 12.4 Å². The molecule has 2 heterocycles. The van der Waals surface area contributed by atoms with Crippen molar-refractivity contribution in [2.24, 2.45) is 5.73 Å². The number of hydrogen-bond acceptors (Lipinski definition) is 5. The van der Waals surface area contributed by atoms with Crippen LogP contribution < -0.4 is 11.1 Å². The zero-order valence-corrected chi connectivity index (χ0v) is 11.0. The van der Waals surface area contributed by atoms with E-state index in [0.717, 1.165) is 5.69 Å². The quantitative estimate of drug-likeness (QED) is 0.884. The van der Waals surface area contributed by atoms with Gasteiger partial charge in [-0.25, -0.2) is 15.0 Å². The second-order valence-corrected chi connectivity index (χ2v) is 4.27. The number of amides is 1. The number of nitrogens with zero attached hydrogens (tertiary/aromatic N) is 3. The Labute approximate surface area is 115 Å². The van der Waals surface area contributed by atoms with Crippen LogP contribution in [0.5, 0.6) is 0 Å². The standard InChI is InChI=1S/C12H12ClN5O/c1-7-15-3-2-9(18-7)6-17-12-10(13)4-8(5-16-12)11(14)19/h2-5H,6H2,1H3,(H2,14,19)(H,16,17). The fraction of sp³-hybridized carbons (Fsp3) is 0.167. The summed E-state index contributed by atoms with van der Waals surface area (Å²) in [5.74, 6) is 0.609. The van der Waals surface area contributed by atoms with E-state index in [9.17, 15) is 4.79 Å². The number of pyridine rings is 1. The summed E-state index contributed by atoms with van der Waals surface area (Å²) in [7, 11) is 0. The lowest BCUT2D eigenvalue weighted by molar-refractivity contribution is 0.1000. The van der Waals surface area contributed by atoms with E-state index < -0.39 is 5.91 Å². The van der Waals surface area contributed by atoms with Gasteiger partial charge in [0.25, 0.3) is 0 Å². The molecule has 7 heteroatoms. The molecule has 0 radical (unpaired) electrons. The van der Waals surface area contributed by atoms with Crippen molar-refractivity contribution in [1.82, 2.24) is 15.0 Å². The van der Waals surface area contributed by atoms with Crippen molar-refractivity contribution in [3.05, 3.63) is 46.6 Å². The normalized spacial score (nSPS) is 10.2. The highest BCUT2D eigenvalue weighted by Crippen LogP contribution is 2.20. The number of hydrogen-bond donors (Lipinski definition) is 2. The number of carbonyl (C=O) groups is 1. The van der Waals surface area contributed by atoms with Crippen LogP contribution in [-0.4, -0.2) is 20.9 Å². The van der Waals surface area contributed by atoms with Gasteiger partial charge in [0.2, 0.25) is 5.91 Å². The Balaban J connectivity index is 2.10. The maximum atomic E-state index is 11.0. The van der Waals surface area contributed by atoms with E-state index in [-0.39, 0.29) is 5.56 Å². The van der Waals surface area contributed by atoms with E-state index in [2.05, 4.69) is 20.3 Å². The van der Waals surface area contributed by atoms with Crippen LogP contribution in [0, 0.1) is 6.92 Å². The van der Waals surface area contributed by atoms with Crippen molar-refractivity contribution in [2.75, 3.05) is 5.32 Å². The number of halogens is 1. The van der Waals surface area contributed by atoms with E-state index in [0.29, 0.717) is 23.2 Å². The summed E-state index contributed by atoms with van der Waals surface area (Å²) in [4.78, 5) is 23.3. The van der Waals surface area contributed by atoms with E-state index >= 15 is 0 Å². The van der Waals surface area contributed by atoms with Gasteiger partial charge in [-0.2, -0.15) is 0 Å². The fourth-order valence-corrected chi connectivity index (χ4v) is 1.71. The number of carbonyl (C=O) groups excluding carboxylic acids is 1. The van der Waals surface area contributed by atoms with Gasteiger partial charge in [-0.3, -0.25) is 4.79 Å². The largest absolute Gasteiger partial charge is 0.366 e. The summed E-state index contributed by atoms with van der Waals surface area (Å²) >= 11 is 6.01. The maximum absolute atomic E-state index is 11.0. The number of nitrogens with two attached hydrogens (primary N) is 1. The molecule has 98 valence electrons. The number of primary amides is 1. The molecule has 2 aromatic heterocycles. The van der Waals surface area contributed by atoms with Gasteiger partial charge in [0.15, 0.2) is 0 Å². The zero-order valence-electron chi connectivity index (χ0n) is 10.2. The van der Waals surface area contributed by atoms with Gasteiger partial charge >= 0.3 is 0 Å². The van der Waals surface area contributed by atoms with Gasteiger partial charge in [-0.15, -0.1) is 0 Å². The van der Waals surface area contributed by atoms with Crippen molar-refractivity contribution in [3.8, 4) is 0 Å². The highest BCUT2D eigenvalue weighted by Gasteiger charge is 2.07. The van der Waals surface area contributed by atoms with Crippen LogP contribution in [0.15, 0.2) is 24.5 Å².